The minimum absolute atomic E-state index is 0.0122. The summed E-state index contributed by atoms with van der Waals surface area (Å²) >= 11 is 1.17. The van der Waals surface area contributed by atoms with E-state index in [9.17, 15) is 14.0 Å². The van der Waals surface area contributed by atoms with E-state index in [0.29, 0.717) is 34.6 Å². The summed E-state index contributed by atoms with van der Waals surface area (Å²) in [7, 11) is 4.44. The van der Waals surface area contributed by atoms with Crippen LogP contribution in [-0.4, -0.2) is 59.8 Å². The van der Waals surface area contributed by atoms with Crippen LogP contribution < -0.4 is 14.8 Å². The van der Waals surface area contributed by atoms with Gasteiger partial charge in [-0.15, -0.1) is 10.2 Å². The molecule has 210 valence electrons. The quantitative estimate of drug-likeness (QED) is 0.255. The standard InChI is InChI=1S/C28H35FN4O5S/c1-17(2)14-21(25(35)38-7)30-24(34)16-39-27-32-31-26(33(27)20-11-9-19(29)10-12-20)28(3,4)18-8-13-22(36-5)23(15-18)37-6/h8-13,15,17,21H,14,16H2,1-7H3,(H,30,34). The molecule has 11 heteroatoms. The second-order valence-electron chi connectivity index (χ2n) is 9.87. The van der Waals surface area contributed by atoms with Crippen molar-refractivity contribution in [3.63, 3.8) is 0 Å². The lowest BCUT2D eigenvalue weighted by Gasteiger charge is -2.26. The number of hydrogen-bond donors (Lipinski definition) is 1. The van der Waals surface area contributed by atoms with Gasteiger partial charge < -0.3 is 19.5 Å². The molecule has 0 aliphatic heterocycles. The first kappa shape index (κ1) is 29.9. The predicted molar refractivity (Wildman–Crippen MR) is 147 cm³/mol. The smallest absolute Gasteiger partial charge is 0.328 e. The zero-order chi connectivity index (χ0) is 28.7. The van der Waals surface area contributed by atoms with Crippen molar-refractivity contribution in [2.45, 2.75) is 50.7 Å². The predicted octanol–water partition coefficient (Wildman–Crippen LogP) is 4.55. The van der Waals surface area contributed by atoms with Crippen molar-refractivity contribution >= 4 is 23.6 Å². The van der Waals surface area contributed by atoms with E-state index in [-0.39, 0.29) is 23.4 Å². The highest BCUT2D eigenvalue weighted by Crippen LogP contribution is 2.38. The number of carbonyl (C=O) groups is 2. The van der Waals surface area contributed by atoms with Crippen LogP contribution in [0.1, 0.15) is 45.5 Å². The SMILES string of the molecule is COC(=O)C(CC(C)C)NC(=O)CSc1nnc(C(C)(C)c2ccc(OC)c(OC)c2)n1-c1ccc(F)cc1. The Morgan fingerprint density at radius 1 is 1.03 bits per heavy atom. The molecule has 1 atom stereocenters. The lowest BCUT2D eigenvalue weighted by Crippen LogP contribution is -2.43. The van der Waals surface area contributed by atoms with Gasteiger partial charge in [-0.2, -0.15) is 0 Å². The van der Waals surface area contributed by atoms with Gasteiger partial charge in [0.05, 0.1) is 32.5 Å². The van der Waals surface area contributed by atoms with E-state index in [2.05, 4.69) is 15.5 Å². The molecule has 0 spiro atoms. The van der Waals surface area contributed by atoms with Crippen molar-refractivity contribution in [3.05, 3.63) is 59.7 Å². The second-order valence-corrected chi connectivity index (χ2v) is 10.8. The summed E-state index contributed by atoms with van der Waals surface area (Å²) in [6, 6.07) is 10.9. The Kier molecular flexibility index (Phi) is 9.96. The average molecular weight is 559 g/mol. The number of ether oxygens (including phenoxy) is 3. The molecule has 0 saturated heterocycles. The van der Waals surface area contributed by atoms with Crippen LogP contribution in [-0.2, 0) is 19.7 Å². The van der Waals surface area contributed by atoms with Gasteiger partial charge in [-0.3, -0.25) is 9.36 Å². The second kappa shape index (κ2) is 13.0. The van der Waals surface area contributed by atoms with Crippen LogP contribution in [0.5, 0.6) is 11.5 Å². The number of nitrogens with zero attached hydrogens (tertiary/aromatic N) is 3. The summed E-state index contributed by atoms with van der Waals surface area (Å²) in [6.45, 7) is 7.91. The van der Waals surface area contributed by atoms with Gasteiger partial charge in [0.2, 0.25) is 5.91 Å². The molecule has 1 aromatic heterocycles. The third-order valence-corrected chi connectivity index (χ3v) is 7.17. The molecule has 0 bridgehead atoms. The number of benzene rings is 2. The number of rotatable bonds is 12. The Morgan fingerprint density at radius 2 is 1.69 bits per heavy atom. The fourth-order valence-electron chi connectivity index (χ4n) is 4.14. The largest absolute Gasteiger partial charge is 0.493 e. The lowest BCUT2D eigenvalue weighted by atomic mass is 9.83. The molecular formula is C28H35FN4O5S. The molecule has 0 saturated carbocycles. The molecule has 1 unspecified atom stereocenters. The van der Waals surface area contributed by atoms with Crippen LogP contribution in [0.4, 0.5) is 4.39 Å². The van der Waals surface area contributed by atoms with Crippen LogP contribution in [0.2, 0.25) is 0 Å². The number of thioether (sulfide) groups is 1. The number of esters is 1. The van der Waals surface area contributed by atoms with Gasteiger partial charge in [-0.1, -0.05) is 31.7 Å². The minimum Gasteiger partial charge on any atom is -0.493 e. The van der Waals surface area contributed by atoms with E-state index in [1.807, 2.05) is 45.9 Å². The Morgan fingerprint density at radius 3 is 2.28 bits per heavy atom. The number of carbonyl (C=O) groups excluding carboxylic acids is 2. The van der Waals surface area contributed by atoms with Gasteiger partial charge in [0, 0.05) is 5.69 Å². The number of halogens is 1. The number of nitrogens with one attached hydrogen (secondary N) is 1. The van der Waals surface area contributed by atoms with Crippen molar-refractivity contribution in [3.8, 4) is 17.2 Å². The van der Waals surface area contributed by atoms with Gasteiger partial charge in [0.1, 0.15) is 17.7 Å². The van der Waals surface area contributed by atoms with Crippen LogP contribution in [0.15, 0.2) is 47.6 Å². The highest BCUT2D eigenvalue weighted by atomic mass is 32.2. The topological polar surface area (TPSA) is 105 Å². The van der Waals surface area contributed by atoms with Crippen molar-refractivity contribution in [1.29, 1.82) is 0 Å². The van der Waals surface area contributed by atoms with Crippen LogP contribution in [0, 0.1) is 11.7 Å². The Bertz CT molecular complexity index is 1290. The van der Waals surface area contributed by atoms with Crippen molar-refractivity contribution in [2.24, 2.45) is 5.92 Å². The highest BCUT2D eigenvalue weighted by molar-refractivity contribution is 7.99. The summed E-state index contributed by atoms with van der Waals surface area (Å²) in [6.07, 6.45) is 0.457. The lowest BCUT2D eigenvalue weighted by molar-refractivity contribution is -0.145. The highest BCUT2D eigenvalue weighted by Gasteiger charge is 2.33. The van der Waals surface area contributed by atoms with Crippen molar-refractivity contribution in [2.75, 3.05) is 27.1 Å². The van der Waals surface area contributed by atoms with Crippen molar-refractivity contribution in [1.82, 2.24) is 20.1 Å². The van der Waals surface area contributed by atoms with Gasteiger partial charge in [0.25, 0.3) is 0 Å². The maximum absolute atomic E-state index is 13.8. The normalized spacial score (nSPS) is 12.2. The maximum Gasteiger partial charge on any atom is 0.328 e. The summed E-state index contributed by atoms with van der Waals surface area (Å²) in [4.78, 5) is 24.9. The van der Waals surface area contributed by atoms with Crippen LogP contribution >= 0.6 is 11.8 Å². The fourth-order valence-corrected chi connectivity index (χ4v) is 4.90. The number of amides is 1. The molecule has 1 N–H and O–H groups in total. The Labute approximate surface area is 232 Å². The number of aromatic nitrogens is 3. The number of methoxy groups -OCH3 is 3. The first-order chi connectivity index (χ1) is 18.5. The number of hydrogen-bond acceptors (Lipinski definition) is 8. The molecular weight excluding hydrogens is 523 g/mol. The van der Waals surface area contributed by atoms with E-state index >= 15 is 0 Å². The van der Waals surface area contributed by atoms with E-state index in [0.717, 1.165) is 5.56 Å². The third kappa shape index (κ3) is 7.08. The molecule has 0 radical (unpaired) electrons. The molecule has 0 fully saturated rings. The first-order valence-electron chi connectivity index (χ1n) is 12.5. The van der Waals surface area contributed by atoms with Crippen LogP contribution in [0.25, 0.3) is 5.69 Å². The van der Waals surface area contributed by atoms with E-state index in [4.69, 9.17) is 14.2 Å². The molecule has 1 heterocycles. The molecule has 0 aliphatic rings. The molecule has 2 aromatic carbocycles. The summed E-state index contributed by atoms with van der Waals surface area (Å²) in [5.74, 6) is 0.718. The van der Waals surface area contributed by atoms with E-state index in [1.165, 1.54) is 31.0 Å². The summed E-state index contributed by atoms with van der Waals surface area (Å²) in [5.41, 5.74) is 0.856. The molecule has 3 rings (SSSR count). The summed E-state index contributed by atoms with van der Waals surface area (Å²) < 4.78 is 31.3. The maximum atomic E-state index is 13.8. The molecule has 39 heavy (non-hydrogen) atoms. The Balaban J connectivity index is 1.96. The zero-order valence-electron chi connectivity index (χ0n) is 23.3. The molecule has 0 aliphatic carbocycles. The molecule has 1 amide bonds. The van der Waals surface area contributed by atoms with Gasteiger partial charge in [-0.25, -0.2) is 9.18 Å². The zero-order valence-corrected chi connectivity index (χ0v) is 24.1. The molecule has 3 aromatic rings. The minimum atomic E-state index is -0.738. The Hall–Kier alpha value is -3.60. The first-order valence-corrected chi connectivity index (χ1v) is 13.4. The average Bonchev–Trinajstić information content (AvgIpc) is 3.35. The van der Waals surface area contributed by atoms with E-state index in [1.54, 1.807) is 30.9 Å². The molecule has 9 nitrogen and oxygen atoms in total. The fraction of sp³-hybridized carbons (Fsp3) is 0.429. The van der Waals surface area contributed by atoms with Gasteiger partial charge in [0.15, 0.2) is 16.7 Å². The van der Waals surface area contributed by atoms with Gasteiger partial charge >= 0.3 is 5.97 Å². The van der Waals surface area contributed by atoms with Gasteiger partial charge in [-0.05, 0) is 68.1 Å². The third-order valence-electron chi connectivity index (χ3n) is 6.24. The van der Waals surface area contributed by atoms with E-state index < -0.39 is 17.4 Å². The van der Waals surface area contributed by atoms with Crippen LogP contribution in [0.3, 0.4) is 0 Å². The summed E-state index contributed by atoms with van der Waals surface area (Å²) in [5, 5.41) is 12.1. The van der Waals surface area contributed by atoms with Crippen molar-refractivity contribution < 1.29 is 28.2 Å². The monoisotopic (exact) mass is 558 g/mol.